The molecule has 0 saturated carbocycles. The smallest absolute Gasteiger partial charge is 0.312 e. The van der Waals surface area contributed by atoms with Gasteiger partial charge in [0.25, 0.3) is 11.8 Å². The van der Waals surface area contributed by atoms with Crippen LogP contribution in [0.25, 0.3) is 0 Å². The lowest BCUT2D eigenvalue weighted by Gasteiger charge is -2.12. The number of hydrogen-bond acceptors (Lipinski definition) is 7. The Morgan fingerprint density at radius 1 is 0.968 bits per heavy atom. The zero-order valence-corrected chi connectivity index (χ0v) is 17.5. The zero-order chi connectivity index (χ0) is 22.6. The van der Waals surface area contributed by atoms with Crippen LogP contribution in [0, 0.1) is 10.1 Å². The number of aliphatic hydroxyl groups excluding tert-OH is 1. The van der Waals surface area contributed by atoms with Crippen molar-refractivity contribution in [2.24, 2.45) is 0 Å². The summed E-state index contributed by atoms with van der Waals surface area (Å²) >= 11 is 0. The highest BCUT2D eigenvalue weighted by Crippen LogP contribution is 2.28. The van der Waals surface area contributed by atoms with Gasteiger partial charge in [0.15, 0.2) is 0 Å². The van der Waals surface area contributed by atoms with Gasteiger partial charge in [0.05, 0.1) is 11.5 Å². The molecule has 1 aliphatic rings. The van der Waals surface area contributed by atoms with E-state index >= 15 is 0 Å². The number of nitro groups is 1. The molecule has 9 heteroatoms. The van der Waals surface area contributed by atoms with Crippen LogP contribution in [0.1, 0.15) is 63.4 Å². The second-order valence-corrected chi connectivity index (χ2v) is 7.43. The van der Waals surface area contributed by atoms with Gasteiger partial charge in [0.2, 0.25) is 5.75 Å². The van der Waals surface area contributed by atoms with Crippen LogP contribution in [-0.2, 0) is 21.0 Å². The van der Waals surface area contributed by atoms with Crippen molar-refractivity contribution in [2.75, 3.05) is 6.54 Å². The summed E-state index contributed by atoms with van der Waals surface area (Å²) in [5.74, 6) is -1.10. The zero-order valence-electron chi connectivity index (χ0n) is 17.5. The minimum Gasteiger partial charge on any atom is -0.419 e. The molecule has 168 valence electrons. The number of carbonyl (C=O) groups is 3. The summed E-state index contributed by atoms with van der Waals surface area (Å²) in [5, 5.41) is 20.2. The molecule has 0 fully saturated rings. The standard InChI is InChI=1S/C22H28N2O7/c25-16-17-10-11-19(18(15-17)24(29)30)31-22(28)9-7-5-3-1-2-4-6-8-14-23-20(26)12-13-21(23)27/h10-13,15,25H,1-9,14,16H2. The molecule has 1 heterocycles. The Labute approximate surface area is 180 Å². The molecule has 0 radical (unpaired) electrons. The highest BCUT2D eigenvalue weighted by atomic mass is 16.6. The second-order valence-electron chi connectivity index (χ2n) is 7.43. The first-order valence-electron chi connectivity index (χ1n) is 10.5. The highest BCUT2D eigenvalue weighted by Gasteiger charge is 2.22. The molecule has 0 aromatic heterocycles. The first kappa shape index (κ1) is 24.2. The molecule has 0 unspecified atom stereocenters. The van der Waals surface area contributed by atoms with E-state index in [0.29, 0.717) is 18.5 Å². The molecule has 0 aliphatic carbocycles. The summed E-state index contributed by atoms with van der Waals surface area (Å²) in [4.78, 5) is 46.5. The summed E-state index contributed by atoms with van der Waals surface area (Å²) in [5.41, 5.74) is 0.0381. The highest BCUT2D eigenvalue weighted by molar-refractivity contribution is 6.12. The van der Waals surface area contributed by atoms with E-state index in [1.165, 1.54) is 35.3 Å². The van der Waals surface area contributed by atoms with Crippen molar-refractivity contribution in [1.82, 2.24) is 4.90 Å². The molecule has 0 saturated heterocycles. The summed E-state index contributed by atoms with van der Waals surface area (Å²) in [6.45, 7) is 0.137. The van der Waals surface area contributed by atoms with Gasteiger partial charge in [-0.3, -0.25) is 29.4 Å². The lowest BCUT2D eigenvalue weighted by atomic mass is 10.1. The molecule has 1 aromatic carbocycles. The van der Waals surface area contributed by atoms with Crippen molar-refractivity contribution in [1.29, 1.82) is 0 Å². The Kier molecular flexibility index (Phi) is 9.83. The van der Waals surface area contributed by atoms with E-state index in [9.17, 15) is 24.5 Å². The van der Waals surface area contributed by atoms with Gasteiger partial charge in [0, 0.05) is 31.2 Å². The number of benzene rings is 1. The minimum atomic E-state index is -0.639. The van der Waals surface area contributed by atoms with E-state index in [1.54, 1.807) is 0 Å². The summed E-state index contributed by atoms with van der Waals surface area (Å²) in [6.07, 6.45) is 10.1. The predicted molar refractivity (Wildman–Crippen MR) is 112 cm³/mol. The second kappa shape index (κ2) is 12.6. The first-order valence-corrected chi connectivity index (χ1v) is 10.5. The van der Waals surface area contributed by atoms with E-state index < -0.39 is 10.9 Å². The Morgan fingerprint density at radius 2 is 1.55 bits per heavy atom. The number of nitro benzene ring substituents is 1. The van der Waals surface area contributed by atoms with Crippen molar-refractivity contribution < 1.29 is 29.2 Å². The van der Waals surface area contributed by atoms with Crippen molar-refractivity contribution in [2.45, 2.75) is 64.4 Å². The molecular formula is C22H28N2O7. The van der Waals surface area contributed by atoms with Gasteiger partial charge in [-0.15, -0.1) is 0 Å². The fourth-order valence-corrected chi connectivity index (χ4v) is 3.32. The quantitative estimate of drug-likeness (QED) is 0.119. The average molecular weight is 432 g/mol. The summed E-state index contributed by atoms with van der Waals surface area (Å²) in [7, 11) is 0. The summed E-state index contributed by atoms with van der Waals surface area (Å²) < 4.78 is 5.12. The van der Waals surface area contributed by atoms with Gasteiger partial charge < -0.3 is 9.84 Å². The number of aliphatic hydroxyl groups is 1. The van der Waals surface area contributed by atoms with Crippen molar-refractivity contribution in [3.63, 3.8) is 0 Å². The van der Waals surface area contributed by atoms with Crippen LogP contribution in [0.5, 0.6) is 5.75 Å². The van der Waals surface area contributed by atoms with Crippen molar-refractivity contribution in [3.8, 4) is 5.75 Å². The Morgan fingerprint density at radius 3 is 2.13 bits per heavy atom. The average Bonchev–Trinajstić information content (AvgIpc) is 3.07. The van der Waals surface area contributed by atoms with Crippen LogP contribution >= 0.6 is 0 Å². The van der Waals surface area contributed by atoms with Crippen LogP contribution < -0.4 is 4.74 Å². The molecule has 0 bridgehead atoms. The third kappa shape index (κ3) is 7.93. The number of esters is 1. The molecule has 0 spiro atoms. The van der Waals surface area contributed by atoms with Crippen molar-refractivity contribution >= 4 is 23.5 Å². The van der Waals surface area contributed by atoms with Gasteiger partial charge in [-0.1, -0.05) is 44.6 Å². The summed E-state index contributed by atoms with van der Waals surface area (Å²) in [6, 6.07) is 4.00. The van der Waals surface area contributed by atoms with Crippen LogP contribution in [0.2, 0.25) is 0 Å². The number of hydrogen-bond donors (Lipinski definition) is 1. The molecule has 31 heavy (non-hydrogen) atoms. The molecule has 1 aliphatic heterocycles. The first-order chi connectivity index (χ1) is 14.9. The van der Waals surface area contributed by atoms with Gasteiger partial charge in [-0.2, -0.15) is 0 Å². The maximum atomic E-state index is 12.0. The molecular weight excluding hydrogens is 404 g/mol. The van der Waals surface area contributed by atoms with E-state index in [-0.39, 0.29) is 36.3 Å². The maximum absolute atomic E-state index is 12.0. The van der Waals surface area contributed by atoms with Crippen molar-refractivity contribution in [3.05, 3.63) is 46.0 Å². The maximum Gasteiger partial charge on any atom is 0.312 e. The van der Waals surface area contributed by atoms with E-state index in [0.717, 1.165) is 44.9 Å². The van der Waals surface area contributed by atoms with E-state index in [1.807, 2.05) is 0 Å². The van der Waals surface area contributed by atoms with Crippen LogP contribution in [-0.4, -0.2) is 39.3 Å². The topological polar surface area (TPSA) is 127 Å². The normalized spacial score (nSPS) is 13.1. The number of carbonyl (C=O) groups excluding carboxylic acids is 3. The number of nitrogens with zero attached hydrogens (tertiary/aromatic N) is 2. The molecule has 1 N–H and O–H groups in total. The molecule has 1 aromatic rings. The number of amides is 2. The third-order valence-electron chi connectivity index (χ3n) is 5.04. The lowest BCUT2D eigenvalue weighted by Crippen LogP contribution is -2.30. The molecule has 9 nitrogen and oxygen atoms in total. The monoisotopic (exact) mass is 432 g/mol. The third-order valence-corrected chi connectivity index (χ3v) is 5.04. The molecule has 2 amide bonds. The lowest BCUT2D eigenvalue weighted by molar-refractivity contribution is -0.385. The van der Waals surface area contributed by atoms with Crippen LogP contribution in [0.4, 0.5) is 5.69 Å². The van der Waals surface area contributed by atoms with E-state index in [4.69, 9.17) is 9.84 Å². The van der Waals surface area contributed by atoms with Gasteiger partial charge in [-0.05, 0) is 24.5 Å². The largest absolute Gasteiger partial charge is 0.419 e. The number of ether oxygens (including phenoxy) is 1. The SMILES string of the molecule is O=C(CCCCCCCCCCN1C(=O)C=CC1=O)Oc1ccc(CO)cc1[N+](=O)[O-]. The predicted octanol–water partition coefficient (Wildman–Crippen LogP) is 3.43. The fraction of sp³-hybridized carbons (Fsp3) is 0.500. The number of imide groups is 1. The number of rotatable bonds is 14. The Bertz CT molecular complexity index is 817. The van der Waals surface area contributed by atoms with Crippen LogP contribution in [0.3, 0.4) is 0 Å². The fourth-order valence-electron chi connectivity index (χ4n) is 3.32. The van der Waals surface area contributed by atoms with Gasteiger partial charge in [-0.25, -0.2) is 0 Å². The van der Waals surface area contributed by atoms with Gasteiger partial charge in [0.1, 0.15) is 0 Å². The van der Waals surface area contributed by atoms with Crippen LogP contribution in [0.15, 0.2) is 30.4 Å². The Balaban J connectivity index is 1.52. The number of unbranched alkanes of at least 4 members (excludes halogenated alkanes) is 7. The minimum absolute atomic E-state index is 0.111. The van der Waals surface area contributed by atoms with E-state index in [2.05, 4.69) is 0 Å². The Hall–Kier alpha value is -3.07. The molecule has 2 rings (SSSR count). The van der Waals surface area contributed by atoms with Gasteiger partial charge >= 0.3 is 11.7 Å². The molecule has 0 atom stereocenters.